The predicted molar refractivity (Wildman–Crippen MR) is 39.6 cm³/mol. The van der Waals surface area contributed by atoms with Crippen molar-refractivity contribution in [1.82, 2.24) is 0 Å². The highest BCUT2D eigenvalue weighted by Gasteiger charge is 2.18. The summed E-state index contributed by atoms with van der Waals surface area (Å²) in [5.41, 5.74) is 0. The maximum absolute atomic E-state index is 8.39. The topological polar surface area (TPSA) is 29.5 Å². The Morgan fingerprint density at radius 3 is 3.00 bits per heavy atom. The molecule has 0 aliphatic heterocycles. The van der Waals surface area contributed by atoms with E-state index in [-0.39, 0.29) is 12.0 Å². The predicted octanol–water partition coefficient (Wildman–Crippen LogP) is 2.00. The van der Waals surface area contributed by atoms with Crippen molar-refractivity contribution in [3.63, 3.8) is 0 Å². The van der Waals surface area contributed by atoms with Crippen molar-refractivity contribution in [2.24, 2.45) is 5.92 Å². The average Bonchev–Trinajstić information content (AvgIpc) is 2.04. The van der Waals surface area contributed by atoms with E-state index in [1.54, 1.807) is 0 Å². The first kappa shape index (κ1) is 7.51. The molecule has 0 radical (unpaired) electrons. The Labute approximate surface area is 60.7 Å². The monoisotopic (exact) mass is 140 g/mol. The van der Waals surface area contributed by atoms with Crippen LogP contribution in [0, 0.1) is 5.92 Å². The van der Waals surface area contributed by atoms with Crippen LogP contribution in [-0.2, 0) is 4.89 Å². The third-order valence-corrected chi connectivity index (χ3v) is 1.84. The summed E-state index contributed by atoms with van der Waals surface area (Å²) in [5.74, 6) is 0.273. The van der Waals surface area contributed by atoms with Gasteiger partial charge in [0.15, 0.2) is 0 Å². The van der Waals surface area contributed by atoms with Gasteiger partial charge in [0.25, 0.3) is 0 Å². The molecule has 2 heteroatoms. The number of allylic oxidation sites excluding steroid dienone is 1. The third kappa shape index (κ3) is 1.46. The Balaban J connectivity index is 2.55. The largest absolute Gasteiger partial charge is 0.251 e. The van der Waals surface area contributed by atoms with E-state index < -0.39 is 0 Å². The molecule has 10 heavy (non-hydrogen) atoms. The standard InChI is InChI=1S/C8H12O2/c1-2-7-5-3-4-6-8(7)10-9/h2,4,6-9H,1,3,5H2. The minimum Gasteiger partial charge on any atom is -0.251 e. The maximum Gasteiger partial charge on any atom is 0.117 e. The number of rotatable bonds is 2. The molecule has 56 valence electrons. The highest BCUT2D eigenvalue weighted by Crippen LogP contribution is 2.21. The van der Waals surface area contributed by atoms with Crippen LogP contribution in [0.15, 0.2) is 24.8 Å². The first-order chi connectivity index (χ1) is 4.88. The molecule has 0 saturated heterocycles. The molecule has 0 fully saturated rings. The van der Waals surface area contributed by atoms with E-state index in [1.165, 1.54) is 0 Å². The van der Waals surface area contributed by atoms with Crippen molar-refractivity contribution in [2.75, 3.05) is 0 Å². The van der Waals surface area contributed by atoms with Crippen LogP contribution in [0.2, 0.25) is 0 Å². The van der Waals surface area contributed by atoms with Crippen molar-refractivity contribution in [2.45, 2.75) is 18.9 Å². The molecule has 0 aromatic heterocycles. The van der Waals surface area contributed by atoms with Crippen molar-refractivity contribution < 1.29 is 10.1 Å². The lowest BCUT2D eigenvalue weighted by Gasteiger charge is -2.21. The molecular weight excluding hydrogens is 128 g/mol. The number of hydrogen-bond donors (Lipinski definition) is 1. The van der Waals surface area contributed by atoms with Gasteiger partial charge in [0.1, 0.15) is 6.10 Å². The molecule has 2 unspecified atom stereocenters. The van der Waals surface area contributed by atoms with Crippen LogP contribution in [0.4, 0.5) is 0 Å². The highest BCUT2D eigenvalue weighted by atomic mass is 17.1. The molecule has 0 spiro atoms. The minimum absolute atomic E-state index is 0.175. The molecule has 0 aromatic carbocycles. The van der Waals surface area contributed by atoms with E-state index in [0.717, 1.165) is 12.8 Å². The first-order valence-corrected chi connectivity index (χ1v) is 3.48. The van der Waals surface area contributed by atoms with E-state index in [9.17, 15) is 0 Å². The molecular formula is C8H12O2. The van der Waals surface area contributed by atoms with Crippen LogP contribution >= 0.6 is 0 Å². The van der Waals surface area contributed by atoms with E-state index in [0.29, 0.717) is 0 Å². The van der Waals surface area contributed by atoms with E-state index in [4.69, 9.17) is 5.26 Å². The zero-order chi connectivity index (χ0) is 7.40. The first-order valence-electron chi connectivity index (χ1n) is 3.48. The molecule has 1 rings (SSSR count). The van der Waals surface area contributed by atoms with Gasteiger partial charge in [-0.15, -0.1) is 6.58 Å². The van der Waals surface area contributed by atoms with Gasteiger partial charge in [0, 0.05) is 5.92 Å². The van der Waals surface area contributed by atoms with Gasteiger partial charge in [-0.1, -0.05) is 18.2 Å². The van der Waals surface area contributed by atoms with Gasteiger partial charge >= 0.3 is 0 Å². The second-order valence-corrected chi connectivity index (χ2v) is 2.48. The summed E-state index contributed by atoms with van der Waals surface area (Å²) in [6.45, 7) is 3.66. The molecule has 0 saturated carbocycles. The SMILES string of the molecule is C=CC1CCC=CC1OO. The van der Waals surface area contributed by atoms with Gasteiger partial charge < -0.3 is 0 Å². The van der Waals surface area contributed by atoms with Gasteiger partial charge in [0.05, 0.1) is 0 Å². The van der Waals surface area contributed by atoms with Gasteiger partial charge in [0.2, 0.25) is 0 Å². The van der Waals surface area contributed by atoms with Crippen LogP contribution in [0.3, 0.4) is 0 Å². The lowest BCUT2D eigenvalue weighted by Crippen LogP contribution is -2.21. The molecule has 2 nitrogen and oxygen atoms in total. The number of hydrogen-bond acceptors (Lipinski definition) is 2. The van der Waals surface area contributed by atoms with Crippen LogP contribution < -0.4 is 0 Å². The minimum atomic E-state index is -0.175. The van der Waals surface area contributed by atoms with Crippen molar-refractivity contribution in [3.05, 3.63) is 24.8 Å². The Hall–Kier alpha value is -0.600. The second-order valence-electron chi connectivity index (χ2n) is 2.48. The van der Waals surface area contributed by atoms with Gasteiger partial charge in [-0.3, -0.25) is 5.26 Å². The van der Waals surface area contributed by atoms with Gasteiger partial charge in [-0.05, 0) is 12.8 Å². The zero-order valence-corrected chi connectivity index (χ0v) is 5.86. The molecule has 1 aliphatic rings. The van der Waals surface area contributed by atoms with Crippen molar-refractivity contribution in [1.29, 1.82) is 0 Å². The summed E-state index contributed by atoms with van der Waals surface area (Å²) in [6.07, 6.45) is 7.61. The van der Waals surface area contributed by atoms with Crippen molar-refractivity contribution >= 4 is 0 Å². The Kier molecular flexibility index (Phi) is 2.66. The fourth-order valence-corrected chi connectivity index (χ4v) is 1.19. The summed E-state index contributed by atoms with van der Waals surface area (Å²) in [4.78, 5) is 4.24. The highest BCUT2D eigenvalue weighted by molar-refractivity contribution is 5.03. The molecule has 1 aliphatic carbocycles. The van der Waals surface area contributed by atoms with Crippen LogP contribution in [0.1, 0.15) is 12.8 Å². The fourth-order valence-electron chi connectivity index (χ4n) is 1.19. The van der Waals surface area contributed by atoms with E-state index in [2.05, 4.69) is 11.5 Å². The summed E-state index contributed by atoms with van der Waals surface area (Å²) in [6, 6.07) is 0. The normalized spacial score (nSPS) is 32.1. The molecule has 0 bridgehead atoms. The fraction of sp³-hybridized carbons (Fsp3) is 0.500. The lowest BCUT2D eigenvalue weighted by molar-refractivity contribution is -0.274. The molecule has 1 N–H and O–H groups in total. The van der Waals surface area contributed by atoms with E-state index in [1.807, 2.05) is 18.2 Å². The summed E-state index contributed by atoms with van der Waals surface area (Å²) < 4.78 is 0. The quantitative estimate of drug-likeness (QED) is 0.361. The summed E-state index contributed by atoms with van der Waals surface area (Å²) in [7, 11) is 0. The molecule has 0 aromatic rings. The smallest absolute Gasteiger partial charge is 0.117 e. The third-order valence-electron chi connectivity index (χ3n) is 1.84. The maximum atomic E-state index is 8.39. The Morgan fingerprint density at radius 1 is 1.70 bits per heavy atom. The van der Waals surface area contributed by atoms with E-state index >= 15 is 0 Å². The van der Waals surface area contributed by atoms with Crippen molar-refractivity contribution in [3.8, 4) is 0 Å². The molecule has 2 atom stereocenters. The summed E-state index contributed by atoms with van der Waals surface area (Å²) in [5, 5.41) is 8.39. The lowest BCUT2D eigenvalue weighted by atomic mass is 9.92. The van der Waals surface area contributed by atoms with Crippen LogP contribution in [0.25, 0.3) is 0 Å². The van der Waals surface area contributed by atoms with Crippen LogP contribution in [-0.4, -0.2) is 11.4 Å². The zero-order valence-electron chi connectivity index (χ0n) is 5.86. The Morgan fingerprint density at radius 2 is 2.50 bits per heavy atom. The average molecular weight is 140 g/mol. The van der Waals surface area contributed by atoms with Gasteiger partial charge in [-0.2, -0.15) is 0 Å². The molecule has 0 heterocycles. The second kappa shape index (κ2) is 3.54. The van der Waals surface area contributed by atoms with Gasteiger partial charge in [-0.25, -0.2) is 4.89 Å². The molecule has 0 amide bonds. The Bertz CT molecular complexity index is 140. The summed E-state index contributed by atoms with van der Waals surface area (Å²) >= 11 is 0. The van der Waals surface area contributed by atoms with Crippen LogP contribution in [0.5, 0.6) is 0 Å².